The highest BCUT2D eigenvalue weighted by Gasteiger charge is 2.22. The molecule has 154 valence electrons. The molecule has 1 N–H and O–H groups in total. The number of benzene rings is 1. The molecule has 1 aliphatic heterocycles. The van der Waals surface area contributed by atoms with Crippen molar-refractivity contribution < 1.29 is 19.1 Å². The maximum absolute atomic E-state index is 12.5. The Kier molecular flexibility index (Phi) is 7.44. The monoisotopic (exact) mass is 478 g/mol. The number of carbonyl (C=O) groups is 3. The fourth-order valence-electron chi connectivity index (χ4n) is 3.12. The first-order valence-electron chi connectivity index (χ1n) is 9.57. The van der Waals surface area contributed by atoms with E-state index in [9.17, 15) is 14.4 Å². The lowest BCUT2D eigenvalue weighted by Gasteiger charge is -2.27. The summed E-state index contributed by atoms with van der Waals surface area (Å²) in [6.07, 6.45) is 1.78. The number of halogens is 1. The predicted molar refractivity (Wildman–Crippen MR) is 116 cm³/mol. The van der Waals surface area contributed by atoms with Gasteiger partial charge in [0.25, 0.3) is 0 Å². The number of ether oxygens (including phenoxy) is 1. The maximum atomic E-state index is 12.5. The van der Waals surface area contributed by atoms with Gasteiger partial charge in [0.05, 0.1) is 17.9 Å². The van der Waals surface area contributed by atoms with E-state index in [0.717, 1.165) is 6.42 Å². The summed E-state index contributed by atoms with van der Waals surface area (Å²) in [5.41, 5.74) is 1.87. The van der Waals surface area contributed by atoms with Gasteiger partial charge < -0.3 is 15.0 Å². The Labute approximate surface area is 182 Å². The van der Waals surface area contributed by atoms with E-state index in [0.29, 0.717) is 36.3 Å². The normalized spacial score (nSPS) is 13.0. The molecule has 2 aromatic rings. The third-order valence-electron chi connectivity index (χ3n) is 4.64. The second-order valence-corrected chi connectivity index (χ2v) is 8.72. The maximum Gasteiger partial charge on any atom is 0.340 e. The second kappa shape index (κ2) is 10.0. The Morgan fingerprint density at radius 1 is 1.24 bits per heavy atom. The van der Waals surface area contributed by atoms with Crippen LogP contribution in [0.2, 0.25) is 0 Å². The first kappa shape index (κ1) is 21.5. The number of nitrogens with zero attached hydrogens (tertiary/aromatic N) is 1. The number of anilines is 1. The molecule has 0 saturated heterocycles. The van der Waals surface area contributed by atoms with Gasteiger partial charge in [-0.25, -0.2) is 4.79 Å². The summed E-state index contributed by atoms with van der Waals surface area (Å²) in [6.45, 7) is 3.53. The summed E-state index contributed by atoms with van der Waals surface area (Å²) in [4.78, 5) is 40.3. The number of hydrogen-bond donors (Lipinski definition) is 1. The molecule has 0 spiro atoms. The predicted octanol–water partition coefficient (Wildman–Crippen LogP) is 4.38. The summed E-state index contributed by atoms with van der Waals surface area (Å²) in [6, 6.07) is 7.06. The van der Waals surface area contributed by atoms with Gasteiger partial charge in [-0.2, -0.15) is 0 Å². The Bertz CT molecular complexity index is 912. The van der Waals surface area contributed by atoms with Crippen LogP contribution in [0, 0.1) is 0 Å². The molecule has 3 rings (SSSR count). The molecule has 0 saturated carbocycles. The van der Waals surface area contributed by atoms with Crippen LogP contribution in [-0.4, -0.2) is 35.8 Å². The largest absolute Gasteiger partial charge is 0.462 e. The van der Waals surface area contributed by atoms with Gasteiger partial charge in [-0.15, -0.1) is 11.3 Å². The van der Waals surface area contributed by atoms with Crippen molar-refractivity contribution in [1.82, 2.24) is 4.90 Å². The standard InChI is InChI=1S/C21H23BrN2O4S/c1-2-10-28-21(27)16-12-15(22)3-4-17(16)23-19(25)5-6-20(26)24-9-7-18-14(13-24)8-11-29-18/h3-4,8,11-12H,2,5-7,9-10,13H2,1H3,(H,23,25). The molecule has 2 heterocycles. The number of fused-ring (bicyclic) bond motifs is 1. The van der Waals surface area contributed by atoms with Gasteiger partial charge in [0.1, 0.15) is 0 Å². The molecule has 29 heavy (non-hydrogen) atoms. The minimum absolute atomic E-state index is 0.0321. The summed E-state index contributed by atoms with van der Waals surface area (Å²) >= 11 is 5.06. The molecular weight excluding hydrogens is 456 g/mol. The molecule has 0 atom stereocenters. The quantitative estimate of drug-likeness (QED) is 0.599. The minimum atomic E-state index is -0.487. The van der Waals surface area contributed by atoms with Crippen molar-refractivity contribution in [2.24, 2.45) is 0 Å². The van der Waals surface area contributed by atoms with Crippen LogP contribution in [0.1, 0.15) is 47.0 Å². The molecule has 0 bridgehead atoms. The first-order valence-corrected chi connectivity index (χ1v) is 11.2. The zero-order valence-corrected chi connectivity index (χ0v) is 18.6. The number of thiophene rings is 1. The summed E-state index contributed by atoms with van der Waals surface area (Å²) < 4.78 is 5.90. The Balaban J connectivity index is 1.55. The fraction of sp³-hybridized carbons (Fsp3) is 0.381. The molecule has 0 radical (unpaired) electrons. The molecule has 8 heteroatoms. The number of nitrogens with one attached hydrogen (secondary N) is 1. The van der Waals surface area contributed by atoms with Crippen molar-refractivity contribution in [2.75, 3.05) is 18.5 Å². The number of hydrogen-bond acceptors (Lipinski definition) is 5. The molecule has 1 aliphatic rings. The van der Waals surface area contributed by atoms with Crippen LogP contribution in [0.3, 0.4) is 0 Å². The smallest absolute Gasteiger partial charge is 0.340 e. The van der Waals surface area contributed by atoms with Crippen molar-refractivity contribution in [3.63, 3.8) is 0 Å². The van der Waals surface area contributed by atoms with E-state index >= 15 is 0 Å². The van der Waals surface area contributed by atoms with Crippen molar-refractivity contribution in [3.8, 4) is 0 Å². The molecular formula is C21H23BrN2O4S. The van der Waals surface area contributed by atoms with Gasteiger partial charge in [-0.3, -0.25) is 9.59 Å². The number of amides is 2. The lowest BCUT2D eigenvalue weighted by atomic mass is 10.1. The fourth-order valence-corrected chi connectivity index (χ4v) is 4.37. The average molecular weight is 479 g/mol. The van der Waals surface area contributed by atoms with E-state index in [4.69, 9.17) is 4.74 Å². The van der Waals surface area contributed by atoms with Crippen LogP contribution in [-0.2, 0) is 27.3 Å². The number of rotatable bonds is 7. The van der Waals surface area contributed by atoms with E-state index in [1.165, 1.54) is 10.4 Å². The Morgan fingerprint density at radius 2 is 2.07 bits per heavy atom. The van der Waals surface area contributed by atoms with Crippen LogP contribution >= 0.6 is 27.3 Å². The van der Waals surface area contributed by atoms with E-state index in [1.807, 2.05) is 12.3 Å². The van der Waals surface area contributed by atoms with Crippen molar-refractivity contribution >= 4 is 50.7 Å². The zero-order valence-electron chi connectivity index (χ0n) is 16.2. The SMILES string of the molecule is CCCOC(=O)c1cc(Br)ccc1NC(=O)CCC(=O)N1CCc2sccc2C1. The molecule has 2 amide bonds. The number of carbonyl (C=O) groups excluding carboxylic acids is 3. The van der Waals surface area contributed by atoms with Crippen molar-refractivity contribution in [1.29, 1.82) is 0 Å². The highest BCUT2D eigenvalue weighted by molar-refractivity contribution is 9.10. The van der Waals surface area contributed by atoms with Gasteiger partial charge in [-0.1, -0.05) is 22.9 Å². The van der Waals surface area contributed by atoms with E-state index in [1.54, 1.807) is 34.4 Å². The highest BCUT2D eigenvalue weighted by atomic mass is 79.9. The summed E-state index contributed by atoms with van der Waals surface area (Å²) in [7, 11) is 0. The Hall–Kier alpha value is -2.19. The third-order valence-corrected chi connectivity index (χ3v) is 6.16. The lowest BCUT2D eigenvalue weighted by Crippen LogP contribution is -2.35. The van der Waals surface area contributed by atoms with Gasteiger partial charge in [0, 0.05) is 35.3 Å². The molecule has 1 aromatic heterocycles. The van der Waals surface area contributed by atoms with Gasteiger partial charge in [-0.05, 0) is 48.1 Å². The molecule has 0 fully saturated rings. The van der Waals surface area contributed by atoms with Crippen molar-refractivity contribution in [2.45, 2.75) is 39.2 Å². The van der Waals surface area contributed by atoms with Crippen LogP contribution < -0.4 is 5.32 Å². The molecule has 6 nitrogen and oxygen atoms in total. The van der Waals surface area contributed by atoms with Crippen LogP contribution in [0.25, 0.3) is 0 Å². The van der Waals surface area contributed by atoms with Gasteiger partial charge >= 0.3 is 5.97 Å². The Morgan fingerprint density at radius 3 is 2.86 bits per heavy atom. The summed E-state index contributed by atoms with van der Waals surface area (Å²) in [5.74, 6) is -0.826. The molecule has 0 unspecified atom stereocenters. The highest BCUT2D eigenvalue weighted by Crippen LogP contribution is 2.25. The summed E-state index contributed by atoms with van der Waals surface area (Å²) in [5, 5.41) is 4.78. The molecule has 0 aliphatic carbocycles. The van der Waals surface area contributed by atoms with E-state index in [-0.39, 0.29) is 30.2 Å². The van der Waals surface area contributed by atoms with Crippen LogP contribution in [0.15, 0.2) is 34.1 Å². The minimum Gasteiger partial charge on any atom is -0.462 e. The second-order valence-electron chi connectivity index (χ2n) is 6.81. The lowest BCUT2D eigenvalue weighted by molar-refractivity contribution is -0.133. The zero-order chi connectivity index (χ0) is 20.8. The van der Waals surface area contributed by atoms with Gasteiger partial charge in [0.2, 0.25) is 11.8 Å². The topological polar surface area (TPSA) is 75.7 Å². The number of esters is 1. The molecule has 1 aromatic carbocycles. The first-order chi connectivity index (χ1) is 14.0. The van der Waals surface area contributed by atoms with E-state index in [2.05, 4.69) is 27.3 Å². The van der Waals surface area contributed by atoms with E-state index < -0.39 is 5.97 Å². The van der Waals surface area contributed by atoms with Crippen molar-refractivity contribution in [3.05, 3.63) is 50.1 Å². The van der Waals surface area contributed by atoms with Crippen LogP contribution in [0.4, 0.5) is 5.69 Å². The average Bonchev–Trinajstić information content (AvgIpc) is 3.19. The third kappa shape index (κ3) is 5.67. The van der Waals surface area contributed by atoms with Gasteiger partial charge in [0.15, 0.2) is 0 Å². The van der Waals surface area contributed by atoms with Crippen LogP contribution in [0.5, 0.6) is 0 Å².